The molecule has 0 radical (unpaired) electrons. The molecule has 0 aromatic heterocycles. The molecule has 152 valence electrons. The highest BCUT2D eigenvalue weighted by molar-refractivity contribution is 5.90. The fraction of sp³-hybridized carbons (Fsp3) is 0.640. The largest absolute Gasteiger partial charge is 0.326 e. The summed E-state index contributed by atoms with van der Waals surface area (Å²) < 4.78 is 0. The number of amides is 1. The first-order valence-electron chi connectivity index (χ1n) is 11.2. The van der Waals surface area contributed by atoms with Gasteiger partial charge in [-0.05, 0) is 56.7 Å². The topological polar surface area (TPSA) is 29.1 Å². The van der Waals surface area contributed by atoms with E-state index < -0.39 is 0 Å². The minimum atomic E-state index is 0.137. The van der Waals surface area contributed by atoms with E-state index in [1.165, 1.54) is 76.2 Å². The Hall–Kier alpha value is -1.57. The van der Waals surface area contributed by atoms with Gasteiger partial charge in [0, 0.05) is 12.1 Å². The van der Waals surface area contributed by atoms with Crippen LogP contribution in [0.3, 0.4) is 0 Å². The molecular weight excluding hydrogens is 330 g/mol. The molecule has 0 aliphatic heterocycles. The monoisotopic (exact) mass is 371 g/mol. The van der Waals surface area contributed by atoms with Gasteiger partial charge in [0.1, 0.15) is 0 Å². The molecule has 1 amide bonds. The highest BCUT2D eigenvalue weighted by atomic mass is 16.1. The molecule has 1 aromatic carbocycles. The van der Waals surface area contributed by atoms with Crippen molar-refractivity contribution in [1.29, 1.82) is 0 Å². The highest BCUT2D eigenvalue weighted by Gasteiger charge is 2.02. The molecule has 2 heteroatoms. The summed E-state index contributed by atoms with van der Waals surface area (Å²) in [6.45, 7) is 4.31. The first kappa shape index (κ1) is 23.5. The van der Waals surface area contributed by atoms with Gasteiger partial charge in [-0.1, -0.05) is 82.6 Å². The molecule has 1 N–H and O–H groups in total. The van der Waals surface area contributed by atoms with E-state index in [9.17, 15) is 4.79 Å². The average molecular weight is 372 g/mol. The molecule has 0 aliphatic carbocycles. The van der Waals surface area contributed by atoms with Crippen LogP contribution in [0.1, 0.15) is 102 Å². The standard InChI is InChI=1S/C25H41NO/c1-3-4-5-6-7-8-9-10-11-12-13-14-15-16-17-21-25(27)26-24-20-18-19-23(2)22-24/h10-11,18-20,22H,3-9,12-17,21H2,1-2H3,(H,26,27)/b11-10-. The Balaban J connectivity index is 1.87. The van der Waals surface area contributed by atoms with Crippen LogP contribution in [0.4, 0.5) is 5.69 Å². The van der Waals surface area contributed by atoms with E-state index >= 15 is 0 Å². The van der Waals surface area contributed by atoms with Crippen molar-refractivity contribution in [2.24, 2.45) is 0 Å². The van der Waals surface area contributed by atoms with Crippen molar-refractivity contribution in [3.63, 3.8) is 0 Å². The number of unbranched alkanes of at least 4 members (excludes halogenated alkanes) is 11. The third-order valence-corrected chi connectivity index (χ3v) is 4.97. The molecule has 0 unspecified atom stereocenters. The third kappa shape index (κ3) is 14.2. The zero-order valence-corrected chi connectivity index (χ0v) is 17.8. The van der Waals surface area contributed by atoms with Crippen molar-refractivity contribution in [2.75, 3.05) is 5.32 Å². The molecule has 0 atom stereocenters. The second-order valence-corrected chi connectivity index (χ2v) is 7.75. The first-order chi connectivity index (χ1) is 13.2. The van der Waals surface area contributed by atoms with E-state index in [0.717, 1.165) is 18.5 Å². The summed E-state index contributed by atoms with van der Waals surface area (Å²) in [5.41, 5.74) is 2.08. The summed E-state index contributed by atoms with van der Waals surface area (Å²) in [6, 6.07) is 7.98. The number of carbonyl (C=O) groups is 1. The number of benzene rings is 1. The lowest BCUT2D eigenvalue weighted by atomic mass is 10.1. The van der Waals surface area contributed by atoms with E-state index in [1.54, 1.807) is 0 Å². The van der Waals surface area contributed by atoms with E-state index in [0.29, 0.717) is 6.42 Å². The van der Waals surface area contributed by atoms with E-state index in [-0.39, 0.29) is 5.91 Å². The van der Waals surface area contributed by atoms with Gasteiger partial charge in [0.25, 0.3) is 0 Å². The van der Waals surface area contributed by atoms with E-state index in [2.05, 4.69) is 24.4 Å². The number of nitrogens with one attached hydrogen (secondary N) is 1. The number of hydrogen-bond donors (Lipinski definition) is 1. The quantitative estimate of drug-likeness (QED) is 0.232. The highest BCUT2D eigenvalue weighted by Crippen LogP contribution is 2.12. The fourth-order valence-corrected chi connectivity index (χ4v) is 3.30. The lowest BCUT2D eigenvalue weighted by Gasteiger charge is -2.06. The molecular formula is C25H41NO. The molecule has 2 nitrogen and oxygen atoms in total. The average Bonchev–Trinajstić information content (AvgIpc) is 2.65. The summed E-state index contributed by atoms with van der Waals surface area (Å²) in [4.78, 5) is 11.9. The van der Waals surface area contributed by atoms with Gasteiger partial charge in [-0.25, -0.2) is 0 Å². The van der Waals surface area contributed by atoms with Gasteiger partial charge >= 0.3 is 0 Å². The predicted molar refractivity (Wildman–Crippen MR) is 119 cm³/mol. The van der Waals surface area contributed by atoms with E-state index in [1.807, 2.05) is 31.2 Å². The van der Waals surface area contributed by atoms with Crippen LogP contribution in [-0.2, 0) is 4.79 Å². The smallest absolute Gasteiger partial charge is 0.224 e. The minimum Gasteiger partial charge on any atom is -0.326 e. The Bertz CT molecular complexity index is 521. The summed E-state index contributed by atoms with van der Waals surface area (Å²) in [5.74, 6) is 0.137. The predicted octanol–water partition coefficient (Wildman–Crippen LogP) is 7.97. The molecule has 0 aliphatic rings. The van der Waals surface area contributed by atoms with Crippen LogP contribution in [0.25, 0.3) is 0 Å². The van der Waals surface area contributed by atoms with Crippen molar-refractivity contribution in [2.45, 2.75) is 104 Å². The molecule has 0 bridgehead atoms. The Kier molecular flexibility index (Phi) is 14.4. The first-order valence-corrected chi connectivity index (χ1v) is 11.2. The maximum Gasteiger partial charge on any atom is 0.224 e. The lowest BCUT2D eigenvalue weighted by Crippen LogP contribution is -2.11. The van der Waals surface area contributed by atoms with Crippen LogP contribution in [0.15, 0.2) is 36.4 Å². The van der Waals surface area contributed by atoms with Crippen LogP contribution in [0.5, 0.6) is 0 Å². The van der Waals surface area contributed by atoms with Crippen molar-refractivity contribution in [3.8, 4) is 0 Å². The Morgan fingerprint density at radius 1 is 0.852 bits per heavy atom. The van der Waals surface area contributed by atoms with Crippen molar-refractivity contribution >= 4 is 11.6 Å². The molecule has 27 heavy (non-hydrogen) atoms. The molecule has 0 heterocycles. The minimum absolute atomic E-state index is 0.137. The summed E-state index contributed by atoms with van der Waals surface area (Å²) in [6.07, 6.45) is 22.1. The van der Waals surface area contributed by atoms with Crippen molar-refractivity contribution in [1.82, 2.24) is 0 Å². The Labute approximate surface area is 167 Å². The number of anilines is 1. The lowest BCUT2D eigenvalue weighted by molar-refractivity contribution is -0.116. The molecule has 0 saturated carbocycles. The third-order valence-electron chi connectivity index (χ3n) is 4.97. The van der Waals surface area contributed by atoms with Gasteiger partial charge in [0.05, 0.1) is 0 Å². The summed E-state index contributed by atoms with van der Waals surface area (Å²) >= 11 is 0. The number of rotatable bonds is 16. The molecule has 0 fully saturated rings. The Morgan fingerprint density at radius 2 is 1.44 bits per heavy atom. The molecule has 1 aromatic rings. The second-order valence-electron chi connectivity index (χ2n) is 7.75. The van der Waals surface area contributed by atoms with Gasteiger partial charge in [0.2, 0.25) is 5.91 Å². The normalized spacial score (nSPS) is 11.2. The molecule has 0 spiro atoms. The van der Waals surface area contributed by atoms with Crippen molar-refractivity contribution < 1.29 is 4.79 Å². The van der Waals surface area contributed by atoms with Crippen LogP contribution in [-0.4, -0.2) is 5.91 Å². The van der Waals surface area contributed by atoms with Crippen molar-refractivity contribution in [3.05, 3.63) is 42.0 Å². The van der Waals surface area contributed by atoms with Gasteiger partial charge in [-0.3, -0.25) is 4.79 Å². The zero-order valence-electron chi connectivity index (χ0n) is 17.8. The van der Waals surface area contributed by atoms with Crippen LogP contribution < -0.4 is 5.32 Å². The fourth-order valence-electron chi connectivity index (χ4n) is 3.30. The molecule has 1 rings (SSSR count). The summed E-state index contributed by atoms with van der Waals surface area (Å²) in [5, 5.41) is 2.98. The number of hydrogen-bond acceptors (Lipinski definition) is 1. The van der Waals surface area contributed by atoms with Gasteiger partial charge in [-0.2, -0.15) is 0 Å². The van der Waals surface area contributed by atoms with Gasteiger partial charge < -0.3 is 5.32 Å². The zero-order chi connectivity index (χ0) is 19.6. The second kappa shape index (κ2) is 16.6. The maximum absolute atomic E-state index is 11.9. The van der Waals surface area contributed by atoms with E-state index in [4.69, 9.17) is 0 Å². The Morgan fingerprint density at radius 3 is 2.07 bits per heavy atom. The van der Waals surface area contributed by atoms with Crippen LogP contribution in [0.2, 0.25) is 0 Å². The number of carbonyl (C=O) groups excluding carboxylic acids is 1. The molecule has 0 saturated heterocycles. The number of aryl methyl sites for hydroxylation is 1. The van der Waals surface area contributed by atoms with Crippen LogP contribution in [0, 0.1) is 6.92 Å². The van der Waals surface area contributed by atoms with Crippen LogP contribution >= 0.6 is 0 Å². The van der Waals surface area contributed by atoms with Gasteiger partial charge in [-0.15, -0.1) is 0 Å². The number of allylic oxidation sites excluding steroid dienone is 2. The maximum atomic E-state index is 11.9. The SMILES string of the molecule is CCCCCCCC/C=C\CCCCCCCC(=O)Nc1cccc(C)c1. The summed E-state index contributed by atoms with van der Waals surface area (Å²) in [7, 11) is 0. The van der Waals surface area contributed by atoms with Gasteiger partial charge in [0.15, 0.2) is 0 Å².